The molecule has 21 heavy (non-hydrogen) atoms. The molecule has 1 atom stereocenters. The summed E-state index contributed by atoms with van der Waals surface area (Å²) in [6, 6.07) is 12.5. The molecule has 0 saturated carbocycles. The predicted molar refractivity (Wildman–Crippen MR) is 87.3 cm³/mol. The molecule has 0 aromatic heterocycles. The van der Waals surface area contributed by atoms with Crippen LogP contribution in [0.2, 0.25) is 10.0 Å². The van der Waals surface area contributed by atoms with E-state index in [9.17, 15) is 4.39 Å². The maximum atomic E-state index is 13.4. The summed E-state index contributed by atoms with van der Waals surface area (Å²) in [5, 5.41) is 4.59. The van der Waals surface area contributed by atoms with Crippen molar-refractivity contribution in [3.8, 4) is 0 Å². The van der Waals surface area contributed by atoms with E-state index in [2.05, 4.69) is 19.2 Å². The lowest BCUT2D eigenvalue weighted by Gasteiger charge is -2.23. The SMILES string of the molecule is CC(C)C(NCc1cc(F)cc(Cl)c1)c1ccc(Cl)cc1. The third-order valence-corrected chi connectivity index (χ3v) is 3.81. The number of halogens is 3. The lowest BCUT2D eigenvalue weighted by atomic mass is 9.96. The van der Waals surface area contributed by atoms with Gasteiger partial charge in [0.15, 0.2) is 0 Å². The van der Waals surface area contributed by atoms with Gasteiger partial charge < -0.3 is 5.32 Å². The zero-order valence-corrected chi connectivity index (χ0v) is 13.5. The Balaban J connectivity index is 2.11. The Kier molecular flexibility index (Phi) is 5.63. The quantitative estimate of drug-likeness (QED) is 0.752. The van der Waals surface area contributed by atoms with E-state index >= 15 is 0 Å². The van der Waals surface area contributed by atoms with Gasteiger partial charge in [-0.05, 0) is 47.4 Å². The second-order valence-corrected chi connectivity index (χ2v) is 6.30. The van der Waals surface area contributed by atoms with Gasteiger partial charge in [-0.25, -0.2) is 4.39 Å². The van der Waals surface area contributed by atoms with E-state index in [1.807, 2.05) is 24.3 Å². The molecule has 0 bridgehead atoms. The normalized spacial score (nSPS) is 12.7. The van der Waals surface area contributed by atoms with Crippen molar-refractivity contribution in [1.29, 1.82) is 0 Å². The summed E-state index contributed by atoms with van der Waals surface area (Å²) in [6.07, 6.45) is 0. The Labute approximate surface area is 135 Å². The second kappa shape index (κ2) is 7.26. The van der Waals surface area contributed by atoms with Crippen LogP contribution in [0.4, 0.5) is 4.39 Å². The highest BCUT2D eigenvalue weighted by Crippen LogP contribution is 2.24. The van der Waals surface area contributed by atoms with Crippen LogP contribution in [0.15, 0.2) is 42.5 Å². The summed E-state index contributed by atoms with van der Waals surface area (Å²) in [5.74, 6) is 0.0853. The van der Waals surface area contributed by atoms with Gasteiger partial charge in [-0.2, -0.15) is 0 Å². The predicted octanol–water partition coefficient (Wildman–Crippen LogP) is 5.62. The van der Waals surface area contributed by atoms with E-state index in [0.29, 0.717) is 17.5 Å². The molecule has 112 valence electrons. The molecular formula is C17H18Cl2FN. The Morgan fingerprint density at radius 2 is 1.67 bits per heavy atom. The van der Waals surface area contributed by atoms with Crippen molar-refractivity contribution in [2.75, 3.05) is 0 Å². The molecule has 0 aliphatic heterocycles. The summed E-state index contributed by atoms with van der Waals surface area (Å²) in [5.41, 5.74) is 2.00. The molecule has 1 N–H and O–H groups in total. The van der Waals surface area contributed by atoms with Crippen molar-refractivity contribution in [3.63, 3.8) is 0 Å². The summed E-state index contributed by atoms with van der Waals surface area (Å²) >= 11 is 11.8. The summed E-state index contributed by atoms with van der Waals surface area (Å²) < 4.78 is 13.4. The molecule has 0 amide bonds. The van der Waals surface area contributed by atoms with Crippen molar-refractivity contribution in [3.05, 3.63) is 69.5 Å². The van der Waals surface area contributed by atoms with Gasteiger partial charge in [-0.3, -0.25) is 0 Å². The van der Waals surface area contributed by atoms with Crippen LogP contribution in [-0.2, 0) is 6.54 Å². The lowest BCUT2D eigenvalue weighted by Crippen LogP contribution is -2.25. The first-order chi connectivity index (χ1) is 9.95. The van der Waals surface area contributed by atoms with Crippen LogP contribution in [0.5, 0.6) is 0 Å². The highest BCUT2D eigenvalue weighted by Gasteiger charge is 2.15. The number of hydrogen-bond donors (Lipinski definition) is 1. The van der Waals surface area contributed by atoms with Gasteiger partial charge in [0.1, 0.15) is 5.82 Å². The first-order valence-corrected chi connectivity index (χ1v) is 7.65. The molecule has 0 saturated heterocycles. The fourth-order valence-electron chi connectivity index (χ4n) is 2.35. The van der Waals surface area contributed by atoms with Crippen molar-refractivity contribution in [2.45, 2.75) is 26.4 Å². The average molecular weight is 326 g/mol. The van der Waals surface area contributed by atoms with Gasteiger partial charge in [0.05, 0.1) is 0 Å². The van der Waals surface area contributed by atoms with Gasteiger partial charge in [0.2, 0.25) is 0 Å². The Bertz CT molecular complexity index is 576. The van der Waals surface area contributed by atoms with Crippen molar-refractivity contribution < 1.29 is 4.39 Å². The monoisotopic (exact) mass is 325 g/mol. The number of hydrogen-bond acceptors (Lipinski definition) is 1. The number of nitrogens with one attached hydrogen (secondary N) is 1. The van der Waals surface area contributed by atoms with E-state index in [4.69, 9.17) is 23.2 Å². The fraction of sp³-hybridized carbons (Fsp3) is 0.294. The smallest absolute Gasteiger partial charge is 0.125 e. The molecule has 2 aromatic carbocycles. The molecule has 1 unspecified atom stereocenters. The van der Waals surface area contributed by atoms with Crippen molar-refractivity contribution in [2.24, 2.45) is 5.92 Å². The van der Waals surface area contributed by atoms with Gasteiger partial charge in [0, 0.05) is 22.6 Å². The highest BCUT2D eigenvalue weighted by molar-refractivity contribution is 6.30. The molecular weight excluding hydrogens is 308 g/mol. The van der Waals surface area contributed by atoms with Gasteiger partial charge in [0.25, 0.3) is 0 Å². The van der Waals surface area contributed by atoms with Crippen LogP contribution in [0, 0.1) is 11.7 Å². The molecule has 0 aliphatic rings. The minimum atomic E-state index is -0.313. The minimum Gasteiger partial charge on any atom is -0.306 e. The Morgan fingerprint density at radius 3 is 2.24 bits per heavy atom. The molecule has 0 heterocycles. The third kappa shape index (κ3) is 4.70. The topological polar surface area (TPSA) is 12.0 Å². The maximum Gasteiger partial charge on any atom is 0.125 e. The van der Waals surface area contributed by atoms with E-state index in [0.717, 1.165) is 16.1 Å². The van der Waals surface area contributed by atoms with Crippen LogP contribution in [0.3, 0.4) is 0 Å². The van der Waals surface area contributed by atoms with E-state index in [-0.39, 0.29) is 11.9 Å². The molecule has 0 aliphatic carbocycles. The second-order valence-electron chi connectivity index (χ2n) is 5.43. The lowest BCUT2D eigenvalue weighted by molar-refractivity contribution is 0.410. The fourth-order valence-corrected chi connectivity index (χ4v) is 2.72. The largest absolute Gasteiger partial charge is 0.306 e. The van der Waals surface area contributed by atoms with Gasteiger partial charge in [-0.15, -0.1) is 0 Å². The first kappa shape index (κ1) is 16.3. The molecule has 2 aromatic rings. The summed E-state index contributed by atoms with van der Waals surface area (Å²) in [4.78, 5) is 0. The van der Waals surface area contributed by atoms with E-state index < -0.39 is 0 Å². The number of rotatable bonds is 5. The molecule has 0 spiro atoms. The number of benzene rings is 2. The van der Waals surface area contributed by atoms with Crippen LogP contribution >= 0.6 is 23.2 Å². The Morgan fingerprint density at radius 1 is 1.00 bits per heavy atom. The van der Waals surface area contributed by atoms with E-state index in [1.54, 1.807) is 6.07 Å². The molecule has 2 rings (SSSR count). The third-order valence-electron chi connectivity index (χ3n) is 3.34. The molecule has 0 fully saturated rings. The highest BCUT2D eigenvalue weighted by atomic mass is 35.5. The molecule has 1 nitrogen and oxygen atoms in total. The molecule has 0 radical (unpaired) electrons. The van der Waals surface area contributed by atoms with Crippen LogP contribution in [0.1, 0.15) is 31.0 Å². The van der Waals surface area contributed by atoms with Gasteiger partial charge >= 0.3 is 0 Å². The van der Waals surface area contributed by atoms with Crippen molar-refractivity contribution >= 4 is 23.2 Å². The molecule has 4 heteroatoms. The van der Waals surface area contributed by atoms with Crippen LogP contribution in [0.25, 0.3) is 0 Å². The van der Waals surface area contributed by atoms with Crippen LogP contribution < -0.4 is 5.32 Å². The summed E-state index contributed by atoms with van der Waals surface area (Å²) in [7, 11) is 0. The first-order valence-electron chi connectivity index (χ1n) is 6.89. The zero-order chi connectivity index (χ0) is 15.4. The maximum absolute atomic E-state index is 13.4. The summed E-state index contributed by atoms with van der Waals surface area (Å²) in [6.45, 7) is 4.85. The van der Waals surface area contributed by atoms with Crippen molar-refractivity contribution in [1.82, 2.24) is 5.32 Å². The minimum absolute atomic E-state index is 0.171. The zero-order valence-electron chi connectivity index (χ0n) is 12.0. The average Bonchev–Trinajstić information content (AvgIpc) is 2.39. The van der Waals surface area contributed by atoms with Crippen LogP contribution in [-0.4, -0.2) is 0 Å². The standard InChI is InChI=1S/C17H18Cl2FN/c1-11(2)17(13-3-5-14(18)6-4-13)21-10-12-7-15(19)9-16(20)8-12/h3-9,11,17,21H,10H2,1-2H3. The van der Waals surface area contributed by atoms with Gasteiger partial charge in [-0.1, -0.05) is 49.2 Å². The van der Waals surface area contributed by atoms with E-state index in [1.165, 1.54) is 12.1 Å². The Hall–Kier alpha value is -1.09.